The van der Waals surface area contributed by atoms with Crippen LogP contribution in [-0.2, 0) is 0 Å². The lowest BCUT2D eigenvalue weighted by Gasteiger charge is -1.96. The van der Waals surface area contributed by atoms with Crippen molar-refractivity contribution in [1.29, 1.82) is 0 Å². The van der Waals surface area contributed by atoms with Gasteiger partial charge in [-0.3, -0.25) is 0 Å². The highest BCUT2D eigenvalue weighted by Gasteiger charge is 1.85. The SMILES string of the molecule is CCCCCCCCN.CCCCCN. The normalized spacial score (nSPS) is 9.60. The maximum Gasteiger partial charge on any atom is -0.00773 e. The van der Waals surface area contributed by atoms with Crippen molar-refractivity contribution in [2.75, 3.05) is 13.1 Å². The molecule has 0 aromatic carbocycles. The van der Waals surface area contributed by atoms with Crippen molar-refractivity contribution >= 4 is 0 Å². The van der Waals surface area contributed by atoms with E-state index in [9.17, 15) is 0 Å². The van der Waals surface area contributed by atoms with Gasteiger partial charge in [0.25, 0.3) is 0 Å². The van der Waals surface area contributed by atoms with Gasteiger partial charge in [0.05, 0.1) is 0 Å². The lowest BCUT2D eigenvalue weighted by Crippen LogP contribution is -1.97. The Bertz CT molecular complexity index is 74.6. The van der Waals surface area contributed by atoms with Crippen LogP contribution in [0.2, 0.25) is 0 Å². The van der Waals surface area contributed by atoms with Crippen LogP contribution in [0.25, 0.3) is 0 Å². The van der Waals surface area contributed by atoms with E-state index in [0.717, 1.165) is 13.1 Å². The average molecular weight is 216 g/mol. The van der Waals surface area contributed by atoms with Crippen molar-refractivity contribution in [2.24, 2.45) is 11.5 Å². The highest BCUT2D eigenvalue weighted by molar-refractivity contribution is 4.43. The molecule has 0 bridgehead atoms. The van der Waals surface area contributed by atoms with Crippen LogP contribution in [0.1, 0.15) is 71.6 Å². The smallest absolute Gasteiger partial charge is 0.00773 e. The first-order chi connectivity index (χ1) is 7.33. The summed E-state index contributed by atoms with van der Waals surface area (Å²) in [6, 6.07) is 0. The van der Waals surface area contributed by atoms with E-state index in [1.54, 1.807) is 0 Å². The molecule has 0 spiro atoms. The molecule has 0 aromatic heterocycles. The lowest BCUT2D eigenvalue weighted by molar-refractivity contribution is 0.612. The summed E-state index contributed by atoms with van der Waals surface area (Å²) in [6.07, 6.45) is 11.8. The molecule has 0 atom stereocenters. The van der Waals surface area contributed by atoms with E-state index in [0.29, 0.717) is 0 Å². The summed E-state index contributed by atoms with van der Waals surface area (Å²) < 4.78 is 0. The highest BCUT2D eigenvalue weighted by Crippen LogP contribution is 2.03. The third-order valence-electron chi connectivity index (χ3n) is 2.37. The third-order valence-corrected chi connectivity index (χ3v) is 2.37. The molecule has 0 amide bonds. The molecular formula is C13H32N2. The highest BCUT2D eigenvalue weighted by atomic mass is 14.5. The van der Waals surface area contributed by atoms with E-state index in [-0.39, 0.29) is 0 Å². The second kappa shape index (κ2) is 19.5. The molecule has 0 aliphatic rings. The first kappa shape index (κ1) is 17.3. The van der Waals surface area contributed by atoms with Gasteiger partial charge in [-0.2, -0.15) is 0 Å². The van der Waals surface area contributed by atoms with Gasteiger partial charge in [0, 0.05) is 0 Å². The minimum Gasteiger partial charge on any atom is -0.330 e. The van der Waals surface area contributed by atoms with Crippen LogP contribution in [0.3, 0.4) is 0 Å². The predicted molar refractivity (Wildman–Crippen MR) is 71.0 cm³/mol. The first-order valence-electron chi connectivity index (χ1n) is 6.73. The van der Waals surface area contributed by atoms with E-state index < -0.39 is 0 Å². The Morgan fingerprint density at radius 3 is 1.27 bits per heavy atom. The van der Waals surface area contributed by atoms with Gasteiger partial charge in [-0.1, -0.05) is 58.8 Å². The predicted octanol–water partition coefficient (Wildman–Crippen LogP) is 3.44. The van der Waals surface area contributed by atoms with E-state index in [1.165, 1.54) is 57.8 Å². The Hall–Kier alpha value is -0.0800. The second-order valence-corrected chi connectivity index (χ2v) is 4.05. The maximum atomic E-state index is 5.34. The Morgan fingerprint density at radius 2 is 0.867 bits per heavy atom. The quantitative estimate of drug-likeness (QED) is 0.580. The molecule has 0 saturated carbocycles. The summed E-state index contributed by atoms with van der Waals surface area (Å²) in [5, 5.41) is 0. The number of nitrogens with two attached hydrogens (primary N) is 2. The zero-order valence-electron chi connectivity index (χ0n) is 10.9. The Labute approximate surface area is 96.8 Å². The van der Waals surface area contributed by atoms with Gasteiger partial charge in [-0.05, 0) is 25.9 Å². The van der Waals surface area contributed by atoms with Crippen molar-refractivity contribution in [3.05, 3.63) is 0 Å². The zero-order chi connectivity index (χ0) is 11.8. The molecule has 94 valence electrons. The first-order valence-corrected chi connectivity index (χ1v) is 6.73. The van der Waals surface area contributed by atoms with Gasteiger partial charge in [0.1, 0.15) is 0 Å². The number of rotatable bonds is 9. The molecule has 0 aliphatic heterocycles. The molecule has 0 aliphatic carbocycles. The molecule has 0 radical (unpaired) electrons. The second-order valence-electron chi connectivity index (χ2n) is 4.05. The van der Waals surface area contributed by atoms with Gasteiger partial charge >= 0.3 is 0 Å². The molecule has 15 heavy (non-hydrogen) atoms. The van der Waals surface area contributed by atoms with Crippen LogP contribution in [0, 0.1) is 0 Å². The zero-order valence-corrected chi connectivity index (χ0v) is 10.9. The van der Waals surface area contributed by atoms with Crippen molar-refractivity contribution in [3.63, 3.8) is 0 Å². The van der Waals surface area contributed by atoms with Gasteiger partial charge in [-0.15, -0.1) is 0 Å². The molecular weight excluding hydrogens is 184 g/mol. The standard InChI is InChI=1S/C8H19N.C5H13N/c1-2-3-4-5-6-7-8-9;1-2-3-4-5-6/h2-9H2,1H3;2-6H2,1H3. The third kappa shape index (κ3) is 24.9. The average Bonchev–Trinajstić information content (AvgIpc) is 2.27. The van der Waals surface area contributed by atoms with E-state index in [1.807, 2.05) is 0 Å². The molecule has 0 aromatic rings. The lowest BCUT2D eigenvalue weighted by atomic mass is 10.1. The van der Waals surface area contributed by atoms with Crippen LogP contribution in [0.5, 0.6) is 0 Å². The maximum absolute atomic E-state index is 5.34. The fourth-order valence-corrected chi connectivity index (χ4v) is 1.32. The molecule has 0 saturated heterocycles. The van der Waals surface area contributed by atoms with E-state index >= 15 is 0 Å². The molecule has 0 fully saturated rings. The fourth-order valence-electron chi connectivity index (χ4n) is 1.32. The fraction of sp³-hybridized carbons (Fsp3) is 1.00. The Balaban J connectivity index is 0. The van der Waals surface area contributed by atoms with Crippen molar-refractivity contribution in [3.8, 4) is 0 Å². The summed E-state index contributed by atoms with van der Waals surface area (Å²) in [6.45, 7) is 6.14. The van der Waals surface area contributed by atoms with Crippen molar-refractivity contribution < 1.29 is 0 Å². The van der Waals surface area contributed by atoms with Gasteiger partial charge in [0.2, 0.25) is 0 Å². The van der Waals surface area contributed by atoms with Gasteiger partial charge in [-0.25, -0.2) is 0 Å². The number of hydrogen-bond acceptors (Lipinski definition) is 2. The summed E-state index contributed by atoms with van der Waals surface area (Å²) in [5.41, 5.74) is 10.6. The molecule has 0 heterocycles. The van der Waals surface area contributed by atoms with Gasteiger partial charge < -0.3 is 11.5 Å². The molecule has 2 heteroatoms. The summed E-state index contributed by atoms with van der Waals surface area (Å²) in [7, 11) is 0. The summed E-state index contributed by atoms with van der Waals surface area (Å²) in [4.78, 5) is 0. The Kier molecular flexibility index (Phi) is 22.5. The number of hydrogen-bond donors (Lipinski definition) is 2. The van der Waals surface area contributed by atoms with E-state index in [4.69, 9.17) is 11.5 Å². The Morgan fingerprint density at radius 1 is 0.533 bits per heavy atom. The minimum atomic E-state index is 0.855. The number of unbranched alkanes of at least 4 members (excludes halogenated alkanes) is 7. The summed E-state index contributed by atoms with van der Waals surface area (Å²) >= 11 is 0. The minimum absolute atomic E-state index is 0.855. The van der Waals surface area contributed by atoms with Crippen LogP contribution < -0.4 is 11.5 Å². The molecule has 4 N–H and O–H groups in total. The monoisotopic (exact) mass is 216 g/mol. The molecule has 0 rings (SSSR count). The van der Waals surface area contributed by atoms with E-state index in [2.05, 4.69) is 13.8 Å². The molecule has 0 unspecified atom stereocenters. The topological polar surface area (TPSA) is 52.0 Å². The largest absolute Gasteiger partial charge is 0.330 e. The van der Waals surface area contributed by atoms with Crippen LogP contribution in [0.15, 0.2) is 0 Å². The summed E-state index contributed by atoms with van der Waals surface area (Å²) in [5.74, 6) is 0. The van der Waals surface area contributed by atoms with Crippen LogP contribution in [0.4, 0.5) is 0 Å². The van der Waals surface area contributed by atoms with Crippen molar-refractivity contribution in [2.45, 2.75) is 71.6 Å². The van der Waals surface area contributed by atoms with Crippen LogP contribution in [-0.4, -0.2) is 13.1 Å². The van der Waals surface area contributed by atoms with Gasteiger partial charge in [0.15, 0.2) is 0 Å². The van der Waals surface area contributed by atoms with Crippen molar-refractivity contribution in [1.82, 2.24) is 0 Å². The molecule has 2 nitrogen and oxygen atoms in total. The van der Waals surface area contributed by atoms with Crippen LogP contribution >= 0.6 is 0 Å².